The molecule has 0 saturated heterocycles. The molecule has 20 heavy (non-hydrogen) atoms. The summed E-state index contributed by atoms with van der Waals surface area (Å²) in [5.41, 5.74) is 0.944. The van der Waals surface area contributed by atoms with Crippen molar-refractivity contribution in [1.82, 2.24) is 15.6 Å². The summed E-state index contributed by atoms with van der Waals surface area (Å²) in [6, 6.07) is 7.38. The Labute approximate surface area is 117 Å². The minimum absolute atomic E-state index is 0.0983. The molecule has 0 fully saturated rings. The molecule has 5 heteroatoms. The number of H-pyrrole nitrogens is 1. The molecule has 2 aromatic rings. The Morgan fingerprint density at radius 1 is 1.25 bits per heavy atom. The van der Waals surface area contributed by atoms with Gasteiger partial charge in [-0.3, -0.25) is 9.59 Å². The Bertz CT molecular complexity index is 643. The number of benzene rings is 1. The molecule has 106 valence electrons. The fourth-order valence-electron chi connectivity index (χ4n) is 2.02. The third kappa shape index (κ3) is 2.82. The average Bonchev–Trinajstić information content (AvgIpc) is 2.91. The number of aromatic amines is 1. The van der Waals surface area contributed by atoms with E-state index >= 15 is 0 Å². The van der Waals surface area contributed by atoms with Gasteiger partial charge in [0.2, 0.25) is 5.91 Å². The van der Waals surface area contributed by atoms with Crippen LogP contribution >= 0.6 is 0 Å². The monoisotopic (exact) mass is 273 g/mol. The third-order valence-electron chi connectivity index (χ3n) is 3.35. The SMILES string of the molecule is CNC(=O)C(C)(C)CNC(=O)c1ccc2[nH]ccc2c1. The normalized spacial score (nSPS) is 11.3. The highest BCUT2D eigenvalue weighted by Crippen LogP contribution is 2.16. The standard InChI is InChI=1S/C15H19N3O2/c1-15(2,14(20)16-3)9-18-13(19)11-4-5-12-10(8-11)6-7-17-12/h4-8,17H,9H2,1-3H3,(H,16,20)(H,18,19). The zero-order valence-corrected chi connectivity index (χ0v) is 11.9. The van der Waals surface area contributed by atoms with Gasteiger partial charge in [0.05, 0.1) is 5.41 Å². The van der Waals surface area contributed by atoms with E-state index in [0.29, 0.717) is 5.56 Å². The number of fused-ring (bicyclic) bond motifs is 1. The van der Waals surface area contributed by atoms with Crippen LogP contribution in [0.4, 0.5) is 0 Å². The molecule has 1 heterocycles. The molecule has 1 aromatic heterocycles. The summed E-state index contributed by atoms with van der Waals surface area (Å²) in [5.74, 6) is -0.274. The first-order valence-corrected chi connectivity index (χ1v) is 6.51. The van der Waals surface area contributed by atoms with Crippen LogP contribution in [0.1, 0.15) is 24.2 Å². The van der Waals surface area contributed by atoms with E-state index in [1.807, 2.05) is 24.4 Å². The maximum atomic E-state index is 12.1. The van der Waals surface area contributed by atoms with Crippen molar-refractivity contribution in [2.45, 2.75) is 13.8 Å². The first-order chi connectivity index (χ1) is 9.44. The molecule has 0 radical (unpaired) electrons. The lowest BCUT2D eigenvalue weighted by Gasteiger charge is -2.22. The van der Waals surface area contributed by atoms with Crippen LogP contribution in [0.2, 0.25) is 0 Å². The summed E-state index contributed by atoms with van der Waals surface area (Å²) < 4.78 is 0. The Kier molecular flexibility index (Phi) is 3.79. The highest BCUT2D eigenvalue weighted by molar-refractivity contribution is 5.98. The van der Waals surface area contributed by atoms with Gasteiger partial charge in [-0.1, -0.05) is 0 Å². The van der Waals surface area contributed by atoms with Gasteiger partial charge in [0.25, 0.3) is 5.91 Å². The molecule has 0 aliphatic carbocycles. The lowest BCUT2D eigenvalue weighted by atomic mass is 9.92. The van der Waals surface area contributed by atoms with Crippen molar-refractivity contribution >= 4 is 22.7 Å². The molecular weight excluding hydrogens is 254 g/mol. The maximum Gasteiger partial charge on any atom is 0.251 e. The van der Waals surface area contributed by atoms with Gasteiger partial charge in [-0.25, -0.2) is 0 Å². The quantitative estimate of drug-likeness (QED) is 0.792. The van der Waals surface area contributed by atoms with Gasteiger partial charge in [0.1, 0.15) is 0 Å². The number of hydrogen-bond donors (Lipinski definition) is 3. The molecule has 0 unspecified atom stereocenters. The molecule has 1 aromatic carbocycles. The van der Waals surface area contributed by atoms with Crippen molar-refractivity contribution in [2.24, 2.45) is 5.41 Å². The number of nitrogens with one attached hydrogen (secondary N) is 3. The zero-order chi connectivity index (χ0) is 14.8. The summed E-state index contributed by atoms with van der Waals surface area (Å²) in [6.07, 6.45) is 1.83. The van der Waals surface area contributed by atoms with E-state index in [1.165, 1.54) is 0 Å². The summed E-state index contributed by atoms with van der Waals surface area (Å²) in [5, 5.41) is 6.39. The van der Waals surface area contributed by atoms with E-state index in [9.17, 15) is 9.59 Å². The second kappa shape index (κ2) is 5.36. The molecular formula is C15H19N3O2. The maximum absolute atomic E-state index is 12.1. The summed E-state index contributed by atoms with van der Waals surface area (Å²) >= 11 is 0. The molecule has 5 nitrogen and oxygen atoms in total. The lowest BCUT2D eigenvalue weighted by molar-refractivity contribution is -0.128. The molecule has 3 N–H and O–H groups in total. The smallest absolute Gasteiger partial charge is 0.251 e. The van der Waals surface area contributed by atoms with Gasteiger partial charge >= 0.3 is 0 Å². The third-order valence-corrected chi connectivity index (χ3v) is 3.35. The number of hydrogen-bond acceptors (Lipinski definition) is 2. The van der Waals surface area contributed by atoms with Crippen LogP contribution < -0.4 is 10.6 Å². The average molecular weight is 273 g/mol. The van der Waals surface area contributed by atoms with Crippen LogP contribution in [-0.2, 0) is 4.79 Å². The van der Waals surface area contributed by atoms with Crippen LogP contribution in [0.25, 0.3) is 10.9 Å². The number of carbonyl (C=O) groups excluding carboxylic acids is 2. The van der Waals surface area contributed by atoms with Crippen LogP contribution in [-0.4, -0.2) is 30.4 Å². The number of amides is 2. The van der Waals surface area contributed by atoms with E-state index in [-0.39, 0.29) is 18.4 Å². The van der Waals surface area contributed by atoms with Crippen LogP contribution in [0, 0.1) is 5.41 Å². The Morgan fingerprint density at radius 2 is 2.00 bits per heavy atom. The molecule has 0 aliphatic heterocycles. The number of carbonyl (C=O) groups is 2. The van der Waals surface area contributed by atoms with Crippen molar-refractivity contribution in [2.75, 3.05) is 13.6 Å². The topological polar surface area (TPSA) is 74.0 Å². The fraction of sp³-hybridized carbons (Fsp3) is 0.333. The van der Waals surface area contributed by atoms with Crippen molar-refractivity contribution in [3.63, 3.8) is 0 Å². The largest absolute Gasteiger partial charge is 0.361 e. The Morgan fingerprint density at radius 3 is 2.70 bits per heavy atom. The van der Waals surface area contributed by atoms with Crippen LogP contribution in [0.15, 0.2) is 30.5 Å². The number of aromatic nitrogens is 1. The van der Waals surface area contributed by atoms with Gasteiger partial charge in [0, 0.05) is 36.3 Å². The molecule has 0 aliphatic rings. The van der Waals surface area contributed by atoms with E-state index < -0.39 is 5.41 Å². The molecule has 2 rings (SSSR count). The van der Waals surface area contributed by atoms with Crippen LogP contribution in [0.3, 0.4) is 0 Å². The second-order valence-corrected chi connectivity index (χ2v) is 5.43. The second-order valence-electron chi connectivity index (χ2n) is 5.43. The molecule has 0 spiro atoms. The first kappa shape index (κ1) is 14.1. The highest BCUT2D eigenvalue weighted by Gasteiger charge is 2.27. The van der Waals surface area contributed by atoms with Gasteiger partial charge in [0.15, 0.2) is 0 Å². The van der Waals surface area contributed by atoms with Crippen molar-refractivity contribution in [3.8, 4) is 0 Å². The van der Waals surface area contributed by atoms with E-state index in [4.69, 9.17) is 0 Å². The molecule has 0 saturated carbocycles. The highest BCUT2D eigenvalue weighted by atomic mass is 16.2. The molecule has 0 bridgehead atoms. The van der Waals surface area contributed by atoms with Gasteiger partial charge < -0.3 is 15.6 Å². The molecule has 0 atom stereocenters. The Balaban J connectivity index is 2.06. The fourth-order valence-corrected chi connectivity index (χ4v) is 2.02. The van der Waals surface area contributed by atoms with E-state index in [2.05, 4.69) is 15.6 Å². The molecule has 2 amide bonds. The predicted molar refractivity (Wildman–Crippen MR) is 78.5 cm³/mol. The zero-order valence-electron chi connectivity index (χ0n) is 11.9. The van der Waals surface area contributed by atoms with Gasteiger partial charge in [-0.15, -0.1) is 0 Å². The summed E-state index contributed by atoms with van der Waals surface area (Å²) in [7, 11) is 1.59. The van der Waals surface area contributed by atoms with Crippen molar-refractivity contribution in [3.05, 3.63) is 36.0 Å². The van der Waals surface area contributed by atoms with Gasteiger partial charge in [-0.2, -0.15) is 0 Å². The Hall–Kier alpha value is -2.30. The van der Waals surface area contributed by atoms with E-state index in [1.54, 1.807) is 27.0 Å². The van der Waals surface area contributed by atoms with Crippen molar-refractivity contribution in [1.29, 1.82) is 0 Å². The summed E-state index contributed by atoms with van der Waals surface area (Å²) in [6.45, 7) is 3.87. The summed E-state index contributed by atoms with van der Waals surface area (Å²) in [4.78, 5) is 26.9. The minimum Gasteiger partial charge on any atom is -0.361 e. The first-order valence-electron chi connectivity index (χ1n) is 6.51. The minimum atomic E-state index is -0.636. The van der Waals surface area contributed by atoms with Crippen molar-refractivity contribution < 1.29 is 9.59 Å². The predicted octanol–water partition coefficient (Wildman–Crippen LogP) is 1.67. The van der Waals surface area contributed by atoms with Crippen LogP contribution in [0.5, 0.6) is 0 Å². The van der Waals surface area contributed by atoms with Gasteiger partial charge in [-0.05, 0) is 38.1 Å². The number of rotatable bonds is 4. The lowest BCUT2D eigenvalue weighted by Crippen LogP contribution is -2.43. The van der Waals surface area contributed by atoms with E-state index in [0.717, 1.165) is 10.9 Å².